The summed E-state index contributed by atoms with van der Waals surface area (Å²) in [6.07, 6.45) is 9.86. The Kier molecular flexibility index (Phi) is 6.46. The molecule has 106 valence electrons. The first-order valence-electron chi connectivity index (χ1n) is 7.98. The summed E-state index contributed by atoms with van der Waals surface area (Å²) in [4.78, 5) is 2.70. The van der Waals surface area contributed by atoms with E-state index in [9.17, 15) is 0 Å². The van der Waals surface area contributed by atoms with Gasteiger partial charge in [-0.15, -0.1) is 0 Å². The van der Waals surface area contributed by atoms with Crippen LogP contribution in [0, 0.1) is 0 Å². The zero-order valence-corrected chi connectivity index (χ0v) is 12.0. The molecule has 1 aliphatic carbocycles. The van der Waals surface area contributed by atoms with Gasteiger partial charge in [0.05, 0.1) is 12.7 Å². The van der Waals surface area contributed by atoms with Crippen molar-refractivity contribution in [2.75, 3.05) is 32.8 Å². The van der Waals surface area contributed by atoms with Gasteiger partial charge in [-0.05, 0) is 51.7 Å². The van der Waals surface area contributed by atoms with Crippen LogP contribution in [0.2, 0.25) is 0 Å². The summed E-state index contributed by atoms with van der Waals surface area (Å²) >= 11 is 0. The largest absolute Gasteiger partial charge is 0.375 e. The second-order valence-corrected chi connectivity index (χ2v) is 5.75. The van der Waals surface area contributed by atoms with Crippen molar-refractivity contribution in [2.45, 2.75) is 64.0 Å². The standard InChI is InChI=1S/C15H30N2O/c1-2-9-16-10-5-6-11-17-12-13-18-15-8-4-3-7-14(15)17/h14-16H,2-13H2,1H3. The lowest BCUT2D eigenvalue weighted by molar-refractivity contribution is -0.0882. The zero-order chi connectivity index (χ0) is 12.6. The fourth-order valence-electron chi connectivity index (χ4n) is 3.32. The average molecular weight is 254 g/mol. The number of unbranched alkanes of at least 4 members (excludes halogenated alkanes) is 1. The lowest BCUT2D eigenvalue weighted by Crippen LogP contribution is -2.52. The van der Waals surface area contributed by atoms with Crippen molar-refractivity contribution in [3.8, 4) is 0 Å². The molecule has 18 heavy (non-hydrogen) atoms. The van der Waals surface area contributed by atoms with Gasteiger partial charge in [-0.2, -0.15) is 0 Å². The van der Waals surface area contributed by atoms with E-state index in [0.29, 0.717) is 6.10 Å². The number of nitrogens with one attached hydrogen (secondary N) is 1. The quantitative estimate of drug-likeness (QED) is 0.706. The normalized spacial score (nSPS) is 29.2. The SMILES string of the molecule is CCCNCCCCN1CCOC2CCCCC21. The molecule has 0 aromatic carbocycles. The first-order chi connectivity index (χ1) is 8.92. The van der Waals surface area contributed by atoms with Gasteiger partial charge < -0.3 is 10.1 Å². The molecule has 3 nitrogen and oxygen atoms in total. The van der Waals surface area contributed by atoms with E-state index >= 15 is 0 Å². The van der Waals surface area contributed by atoms with Gasteiger partial charge in [-0.25, -0.2) is 0 Å². The first-order valence-corrected chi connectivity index (χ1v) is 7.98. The van der Waals surface area contributed by atoms with E-state index in [1.165, 1.54) is 64.6 Å². The molecule has 0 aromatic rings. The van der Waals surface area contributed by atoms with E-state index in [1.54, 1.807) is 0 Å². The Morgan fingerprint density at radius 2 is 2.06 bits per heavy atom. The molecule has 0 aromatic heterocycles. The number of morpholine rings is 1. The highest BCUT2D eigenvalue weighted by Gasteiger charge is 2.33. The van der Waals surface area contributed by atoms with Crippen LogP contribution >= 0.6 is 0 Å². The van der Waals surface area contributed by atoms with Gasteiger partial charge in [-0.1, -0.05) is 19.8 Å². The van der Waals surface area contributed by atoms with E-state index in [2.05, 4.69) is 17.1 Å². The summed E-state index contributed by atoms with van der Waals surface area (Å²) < 4.78 is 5.92. The van der Waals surface area contributed by atoms with Crippen LogP contribution in [0.25, 0.3) is 0 Å². The third kappa shape index (κ3) is 4.22. The van der Waals surface area contributed by atoms with Crippen LogP contribution < -0.4 is 5.32 Å². The molecule has 2 unspecified atom stereocenters. The molecule has 1 aliphatic heterocycles. The summed E-state index contributed by atoms with van der Waals surface area (Å²) in [6, 6.07) is 0.733. The lowest BCUT2D eigenvalue weighted by atomic mass is 9.90. The second-order valence-electron chi connectivity index (χ2n) is 5.75. The maximum Gasteiger partial charge on any atom is 0.0730 e. The fourth-order valence-corrected chi connectivity index (χ4v) is 3.32. The molecule has 1 saturated carbocycles. The van der Waals surface area contributed by atoms with Crippen molar-refractivity contribution in [2.24, 2.45) is 0 Å². The summed E-state index contributed by atoms with van der Waals surface area (Å²) in [5.41, 5.74) is 0. The summed E-state index contributed by atoms with van der Waals surface area (Å²) in [6.45, 7) is 7.97. The molecule has 2 fully saturated rings. The highest BCUT2D eigenvalue weighted by Crippen LogP contribution is 2.28. The summed E-state index contributed by atoms with van der Waals surface area (Å²) in [7, 11) is 0. The van der Waals surface area contributed by atoms with E-state index in [-0.39, 0.29) is 0 Å². The van der Waals surface area contributed by atoms with E-state index < -0.39 is 0 Å². The average Bonchev–Trinajstić information content (AvgIpc) is 2.43. The van der Waals surface area contributed by atoms with Crippen LogP contribution in [-0.4, -0.2) is 49.8 Å². The third-order valence-corrected chi connectivity index (χ3v) is 4.32. The van der Waals surface area contributed by atoms with Gasteiger partial charge in [0.2, 0.25) is 0 Å². The Bertz CT molecular complexity index is 221. The lowest BCUT2D eigenvalue weighted by Gasteiger charge is -2.43. The maximum atomic E-state index is 5.92. The van der Waals surface area contributed by atoms with Crippen molar-refractivity contribution < 1.29 is 4.74 Å². The highest BCUT2D eigenvalue weighted by molar-refractivity contribution is 4.87. The molecule has 1 N–H and O–H groups in total. The predicted octanol–water partition coefficient (Wildman–Crippen LogP) is 2.41. The topological polar surface area (TPSA) is 24.5 Å². The van der Waals surface area contributed by atoms with E-state index in [4.69, 9.17) is 4.74 Å². The highest BCUT2D eigenvalue weighted by atomic mass is 16.5. The molecule has 2 aliphatic rings. The number of fused-ring (bicyclic) bond motifs is 1. The Morgan fingerprint density at radius 1 is 1.17 bits per heavy atom. The van der Waals surface area contributed by atoms with Gasteiger partial charge >= 0.3 is 0 Å². The van der Waals surface area contributed by atoms with E-state index in [1.807, 2.05) is 0 Å². The molecule has 0 radical (unpaired) electrons. The van der Waals surface area contributed by atoms with Crippen LogP contribution in [0.1, 0.15) is 51.9 Å². The van der Waals surface area contributed by atoms with Gasteiger partial charge in [0.15, 0.2) is 0 Å². The molecule has 0 bridgehead atoms. The number of hydrogen-bond donors (Lipinski definition) is 1. The Balaban J connectivity index is 1.62. The molecular weight excluding hydrogens is 224 g/mol. The fraction of sp³-hybridized carbons (Fsp3) is 1.00. The maximum absolute atomic E-state index is 5.92. The molecule has 0 amide bonds. The van der Waals surface area contributed by atoms with Crippen LogP contribution in [0.5, 0.6) is 0 Å². The summed E-state index contributed by atoms with van der Waals surface area (Å²) in [5.74, 6) is 0. The van der Waals surface area contributed by atoms with Gasteiger partial charge in [0, 0.05) is 12.6 Å². The molecular formula is C15H30N2O. The first kappa shape index (κ1) is 14.3. The van der Waals surface area contributed by atoms with Crippen molar-refractivity contribution in [3.05, 3.63) is 0 Å². The number of ether oxygens (including phenoxy) is 1. The van der Waals surface area contributed by atoms with Crippen LogP contribution in [0.3, 0.4) is 0 Å². The Hall–Kier alpha value is -0.120. The van der Waals surface area contributed by atoms with Gasteiger partial charge in [-0.3, -0.25) is 4.90 Å². The minimum atomic E-state index is 0.547. The molecule has 0 spiro atoms. The Labute approximate surface area is 112 Å². The number of hydrogen-bond acceptors (Lipinski definition) is 3. The Morgan fingerprint density at radius 3 is 2.94 bits per heavy atom. The third-order valence-electron chi connectivity index (χ3n) is 4.32. The van der Waals surface area contributed by atoms with Crippen LogP contribution in [0.4, 0.5) is 0 Å². The smallest absolute Gasteiger partial charge is 0.0730 e. The summed E-state index contributed by atoms with van der Waals surface area (Å²) in [5, 5.41) is 3.49. The minimum absolute atomic E-state index is 0.547. The molecule has 2 atom stereocenters. The molecule has 1 saturated heterocycles. The molecule has 3 heteroatoms. The van der Waals surface area contributed by atoms with Gasteiger partial charge in [0.25, 0.3) is 0 Å². The van der Waals surface area contributed by atoms with Crippen molar-refractivity contribution in [3.63, 3.8) is 0 Å². The van der Waals surface area contributed by atoms with Crippen LogP contribution in [-0.2, 0) is 4.74 Å². The second kappa shape index (κ2) is 8.13. The van der Waals surface area contributed by atoms with Crippen molar-refractivity contribution in [1.82, 2.24) is 10.2 Å². The van der Waals surface area contributed by atoms with Crippen molar-refractivity contribution in [1.29, 1.82) is 0 Å². The molecule has 1 heterocycles. The van der Waals surface area contributed by atoms with Crippen LogP contribution in [0.15, 0.2) is 0 Å². The van der Waals surface area contributed by atoms with Crippen molar-refractivity contribution >= 4 is 0 Å². The number of nitrogens with zero attached hydrogens (tertiary/aromatic N) is 1. The van der Waals surface area contributed by atoms with E-state index in [0.717, 1.165) is 19.2 Å². The zero-order valence-electron chi connectivity index (χ0n) is 12.0. The number of rotatable bonds is 7. The monoisotopic (exact) mass is 254 g/mol. The minimum Gasteiger partial charge on any atom is -0.375 e. The van der Waals surface area contributed by atoms with Gasteiger partial charge in [0.1, 0.15) is 0 Å². The molecule has 2 rings (SSSR count). The predicted molar refractivity (Wildman–Crippen MR) is 76.0 cm³/mol.